The van der Waals surface area contributed by atoms with Gasteiger partial charge in [0.15, 0.2) is 9.84 Å². The topological polar surface area (TPSA) is 86.5 Å². The van der Waals surface area contributed by atoms with Crippen LogP contribution < -0.4 is 5.73 Å². The predicted octanol–water partition coefficient (Wildman–Crippen LogP) is 2.56. The summed E-state index contributed by atoms with van der Waals surface area (Å²) < 4.78 is 27.8. The highest BCUT2D eigenvalue weighted by atomic mass is 35.5. The molecule has 0 radical (unpaired) electrons. The van der Waals surface area contributed by atoms with E-state index in [9.17, 15) is 13.2 Å². The number of carbonyl (C=O) groups is 1. The lowest BCUT2D eigenvalue weighted by atomic mass is 10.2. The van der Waals surface area contributed by atoms with Crippen LogP contribution in [0.15, 0.2) is 12.1 Å². The van der Waals surface area contributed by atoms with Crippen LogP contribution in [0, 0.1) is 0 Å². The van der Waals surface area contributed by atoms with Gasteiger partial charge in [-0.2, -0.15) is 0 Å². The molecule has 0 amide bonds. The molecule has 0 saturated heterocycles. The number of halogens is 2. The van der Waals surface area contributed by atoms with Gasteiger partial charge < -0.3 is 10.5 Å². The molecule has 20 heavy (non-hydrogen) atoms. The van der Waals surface area contributed by atoms with E-state index in [1.54, 1.807) is 6.92 Å². The van der Waals surface area contributed by atoms with Gasteiger partial charge >= 0.3 is 5.97 Å². The van der Waals surface area contributed by atoms with E-state index in [4.69, 9.17) is 33.7 Å². The van der Waals surface area contributed by atoms with E-state index in [-0.39, 0.29) is 39.4 Å². The van der Waals surface area contributed by atoms with Gasteiger partial charge in [-0.05, 0) is 18.6 Å². The Morgan fingerprint density at radius 3 is 2.50 bits per heavy atom. The van der Waals surface area contributed by atoms with Crippen LogP contribution in [-0.4, -0.2) is 32.5 Å². The molecule has 0 unspecified atom stereocenters. The van der Waals surface area contributed by atoms with Crippen molar-refractivity contribution in [2.24, 2.45) is 0 Å². The second-order valence-corrected chi connectivity index (χ2v) is 7.24. The van der Waals surface area contributed by atoms with Gasteiger partial charge in [-0.3, -0.25) is 0 Å². The zero-order valence-corrected chi connectivity index (χ0v) is 13.2. The Morgan fingerprint density at radius 2 is 1.95 bits per heavy atom. The molecule has 0 saturated carbocycles. The SMILES string of the molecule is CCCS(=O)(=O)CCOC(=O)c1cc(N)c(Cl)c(Cl)c1. The fourth-order valence-corrected chi connectivity index (χ4v) is 2.99. The molecule has 0 heterocycles. The van der Waals surface area contributed by atoms with Crippen molar-refractivity contribution in [1.82, 2.24) is 0 Å². The van der Waals surface area contributed by atoms with Gasteiger partial charge in [0.25, 0.3) is 0 Å². The highest BCUT2D eigenvalue weighted by Gasteiger charge is 2.15. The van der Waals surface area contributed by atoms with E-state index in [2.05, 4.69) is 0 Å². The third kappa shape index (κ3) is 4.85. The molecule has 1 aromatic rings. The van der Waals surface area contributed by atoms with Gasteiger partial charge in [0.05, 0.1) is 32.8 Å². The summed E-state index contributed by atoms with van der Waals surface area (Å²) in [5, 5.41) is 0.297. The lowest BCUT2D eigenvalue weighted by Gasteiger charge is -2.07. The molecule has 0 spiro atoms. The summed E-state index contributed by atoms with van der Waals surface area (Å²) in [4.78, 5) is 11.7. The lowest BCUT2D eigenvalue weighted by Crippen LogP contribution is -2.17. The number of sulfone groups is 1. The van der Waals surface area contributed by atoms with Crippen molar-refractivity contribution in [2.75, 3.05) is 23.8 Å². The number of nitrogens with two attached hydrogens (primary N) is 1. The van der Waals surface area contributed by atoms with Gasteiger partial charge in [0.2, 0.25) is 0 Å². The van der Waals surface area contributed by atoms with Crippen molar-refractivity contribution in [3.8, 4) is 0 Å². The van der Waals surface area contributed by atoms with E-state index in [0.29, 0.717) is 6.42 Å². The van der Waals surface area contributed by atoms with Crippen LogP contribution in [0.5, 0.6) is 0 Å². The summed E-state index contributed by atoms with van der Waals surface area (Å²) in [6.07, 6.45) is 0.527. The number of nitrogen functional groups attached to an aromatic ring is 1. The highest BCUT2D eigenvalue weighted by Crippen LogP contribution is 2.29. The van der Waals surface area contributed by atoms with E-state index in [1.807, 2.05) is 0 Å². The van der Waals surface area contributed by atoms with Crippen molar-refractivity contribution < 1.29 is 17.9 Å². The number of rotatable bonds is 6. The third-order valence-electron chi connectivity index (χ3n) is 2.43. The van der Waals surface area contributed by atoms with Crippen LogP contribution in [0.25, 0.3) is 0 Å². The van der Waals surface area contributed by atoms with Gasteiger partial charge in [0, 0.05) is 0 Å². The minimum Gasteiger partial charge on any atom is -0.461 e. The molecule has 0 aromatic heterocycles. The monoisotopic (exact) mass is 339 g/mol. The summed E-state index contributed by atoms with van der Waals surface area (Å²) in [6, 6.07) is 2.65. The fraction of sp³-hybridized carbons (Fsp3) is 0.417. The smallest absolute Gasteiger partial charge is 0.338 e. The standard InChI is InChI=1S/C12H15Cl2NO4S/c1-2-4-20(17,18)5-3-19-12(16)8-6-9(13)11(14)10(15)7-8/h6-7H,2-5,15H2,1H3. The van der Waals surface area contributed by atoms with Crippen molar-refractivity contribution >= 4 is 44.7 Å². The Kier molecular flexibility index (Phi) is 6.10. The predicted molar refractivity (Wildman–Crippen MR) is 80.1 cm³/mol. The molecule has 0 aliphatic heterocycles. The number of benzene rings is 1. The molecule has 0 aliphatic rings. The Bertz CT molecular complexity index is 578. The molecule has 8 heteroatoms. The Hall–Kier alpha value is -0.980. The number of carbonyl (C=O) groups excluding carboxylic acids is 1. The van der Waals surface area contributed by atoms with E-state index in [0.717, 1.165) is 0 Å². The van der Waals surface area contributed by atoms with Crippen LogP contribution >= 0.6 is 23.2 Å². The van der Waals surface area contributed by atoms with Crippen LogP contribution in [-0.2, 0) is 14.6 Å². The molecule has 5 nitrogen and oxygen atoms in total. The number of esters is 1. The van der Waals surface area contributed by atoms with Crippen LogP contribution in [0.4, 0.5) is 5.69 Å². The summed E-state index contributed by atoms with van der Waals surface area (Å²) in [6.45, 7) is 1.56. The molecule has 1 aromatic carbocycles. The first-order valence-electron chi connectivity index (χ1n) is 5.89. The normalized spacial score (nSPS) is 11.3. The van der Waals surface area contributed by atoms with Gasteiger partial charge in [-0.15, -0.1) is 0 Å². The van der Waals surface area contributed by atoms with Crippen molar-refractivity contribution in [3.63, 3.8) is 0 Å². The maximum Gasteiger partial charge on any atom is 0.338 e. The third-order valence-corrected chi connectivity index (χ3v) is 5.07. The van der Waals surface area contributed by atoms with Gasteiger partial charge in [-0.25, -0.2) is 13.2 Å². The maximum absolute atomic E-state index is 11.7. The van der Waals surface area contributed by atoms with E-state index < -0.39 is 15.8 Å². The second-order valence-electron chi connectivity index (χ2n) is 4.15. The van der Waals surface area contributed by atoms with Crippen LogP contribution in [0.3, 0.4) is 0 Å². The van der Waals surface area contributed by atoms with E-state index >= 15 is 0 Å². The molecular weight excluding hydrogens is 325 g/mol. The number of ether oxygens (including phenoxy) is 1. The molecule has 0 aliphatic carbocycles. The highest BCUT2D eigenvalue weighted by molar-refractivity contribution is 7.91. The maximum atomic E-state index is 11.7. The summed E-state index contributed by atoms with van der Waals surface area (Å²) in [5.41, 5.74) is 5.86. The summed E-state index contributed by atoms with van der Waals surface area (Å²) in [7, 11) is -3.18. The number of hydrogen-bond acceptors (Lipinski definition) is 5. The number of hydrogen-bond donors (Lipinski definition) is 1. The largest absolute Gasteiger partial charge is 0.461 e. The molecule has 2 N–H and O–H groups in total. The Balaban J connectivity index is 2.65. The Morgan fingerprint density at radius 1 is 1.30 bits per heavy atom. The average molecular weight is 340 g/mol. The Labute approximate surface area is 127 Å². The van der Waals surface area contributed by atoms with Crippen LogP contribution in [0.2, 0.25) is 10.0 Å². The van der Waals surface area contributed by atoms with Crippen LogP contribution in [0.1, 0.15) is 23.7 Å². The number of anilines is 1. The van der Waals surface area contributed by atoms with Gasteiger partial charge in [0.1, 0.15) is 6.61 Å². The zero-order chi connectivity index (χ0) is 15.3. The fourth-order valence-electron chi connectivity index (χ4n) is 1.49. The summed E-state index contributed by atoms with van der Waals surface area (Å²) >= 11 is 11.6. The zero-order valence-electron chi connectivity index (χ0n) is 10.9. The molecule has 0 fully saturated rings. The molecule has 0 atom stereocenters. The molecular formula is C12H15Cl2NO4S. The first-order chi connectivity index (χ1) is 9.26. The molecule has 1 rings (SSSR count). The van der Waals surface area contributed by atoms with E-state index in [1.165, 1.54) is 12.1 Å². The average Bonchev–Trinajstić information content (AvgIpc) is 2.34. The first-order valence-corrected chi connectivity index (χ1v) is 8.46. The quantitative estimate of drug-likeness (QED) is 0.635. The molecule has 0 bridgehead atoms. The minimum absolute atomic E-state index is 0.0737. The van der Waals surface area contributed by atoms with Crippen molar-refractivity contribution in [3.05, 3.63) is 27.7 Å². The van der Waals surface area contributed by atoms with Gasteiger partial charge in [-0.1, -0.05) is 30.1 Å². The summed E-state index contributed by atoms with van der Waals surface area (Å²) in [5.74, 6) is -0.824. The second kappa shape index (κ2) is 7.15. The first kappa shape index (κ1) is 17.1. The van der Waals surface area contributed by atoms with Crippen molar-refractivity contribution in [2.45, 2.75) is 13.3 Å². The lowest BCUT2D eigenvalue weighted by molar-refractivity contribution is 0.0529. The molecule has 112 valence electrons. The van der Waals surface area contributed by atoms with Crippen molar-refractivity contribution in [1.29, 1.82) is 0 Å². The minimum atomic E-state index is -3.18.